The number of halogens is 2. The van der Waals surface area contributed by atoms with E-state index in [1.54, 1.807) is 29.2 Å². The second-order valence-corrected chi connectivity index (χ2v) is 6.06. The maximum Gasteiger partial charge on any atom is 0.238 e. The highest BCUT2D eigenvalue weighted by Crippen LogP contribution is 2.25. The van der Waals surface area contributed by atoms with E-state index in [-0.39, 0.29) is 16.7 Å². The minimum atomic E-state index is -0.273. The van der Waals surface area contributed by atoms with Crippen molar-refractivity contribution in [3.63, 3.8) is 0 Å². The highest BCUT2D eigenvalue weighted by Gasteiger charge is 2.20. The molecule has 20 heavy (non-hydrogen) atoms. The van der Waals surface area contributed by atoms with Gasteiger partial charge in [0.15, 0.2) is 0 Å². The molecule has 0 aliphatic rings. The quantitative estimate of drug-likeness (QED) is 0.854. The maximum absolute atomic E-state index is 12.1. The number of carbonyl (C=O) groups is 1. The van der Waals surface area contributed by atoms with Gasteiger partial charge in [0.1, 0.15) is 12.7 Å². The number of anilines is 1. The number of carbonyl (C=O) groups excluding carboxylic acids is 1. The van der Waals surface area contributed by atoms with Crippen molar-refractivity contribution >= 4 is 39.1 Å². The first-order chi connectivity index (χ1) is 9.49. The molecule has 5 nitrogen and oxygen atoms in total. The second-order valence-electron chi connectivity index (χ2n) is 4.64. The van der Waals surface area contributed by atoms with Gasteiger partial charge in [-0.2, -0.15) is 5.10 Å². The smallest absolute Gasteiger partial charge is 0.238 e. The van der Waals surface area contributed by atoms with Gasteiger partial charge in [-0.25, -0.2) is 9.67 Å². The summed E-state index contributed by atoms with van der Waals surface area (Å²) in [6, 6.07) is 5.21. The predicted molar refractivity (Wildman–Crippen MR) is 82.6 cm³/mol. The van der Waals surface area contributed by atoms with Crippen LogP contribution in [-0.2, 0) is 4.79 Å². The Balaban J connectivity index is 2.31. The number of amides is 1. The molecule has 0 aliphatic carbocycles. The molecule has 0 radical (unpaired) electrons. The van der Waals surface area contributed by atoms with Crippen LogP contribution in [0.5, 0.6) is 0 Å². The van der Waals surface area contributed by atoms with Gasteiger partial charge in [0.25, 0.3) is 0 Å². The van der Waals surface area contributed by atoms with Crippen molar-refractivity contribution in [1.82, 2.24) is 14.8 Å². The summed E-state index contributed by atoms with van der Waals surface area (Å²) in [5.41, 5.74) is 1.31. The van der Waals surface area contributed by atoms with Gasteiger partial charge in [0, 0.05) is 5.02 Å². The molecule has 2 aromatic rings. The van der Waals surface area contributed by atoms with E-state index in [4.69, 9.17) is 11.6 Å². The molecule has 0 saturated heterocycles. The topological polar surface area (TPSA) is 59.8 Å². The molecule has 1 unspecified atom stereocenters. The molecule has 0 saturated carbocycles. The summed E-state index contributed by atoms with van der Waals surface area (Å²) in [6.45, 7) is 3.94. The van der Waals surface area contributed by atoms with Gasteiger partial charge in [-0.05, 0) is 24.1 Å². The average molecular weight is 358 g/mol. The van der Waals surface area contributed by atoms with Crippen molar-refractivity contribution in [1.29, 1.82) is 0 Å². The average Bonchev–Trinajstić information content (AvgIpc) is 2.91. The minimum absolute atomic E-state index is 0.122. The molecule has 1 amide bonds. The van der Waals surface area contributed by atoms with E-state index in [1.807, 2.05) is 13.8 Å². The van der Waals surface area contributed by atoms with Crippen molar-refractivity contribution in [3.8, 4) is 5.69 Å². The zero-order valence-corrected chi connectivity index (χ0v) is 13.4. The second kappa shape index (κ2) is 6.37. The molecule has 0 bridgehead atoms. The lowest BCUT2D eigenvalue weighted by atomic mass is 10.1. The van der Waals surface area contributed by atoms with Crippen LogP contribution in [0.15, 0.2) is 30.9 Å². The van der Waals surface area contributed by atoms with E-state index < -0.39 is 0 Å². The molecule has 0 spiro atoms. The number of aromatic nitrogens is 3. The summed E-state index contributed by atoms with van der Waals surface area (Å²) >= 11 is 9.37. The van der Waals surface area contributed by atoms with Crippen molar-refractivity contribution in [2.24, 2.45) is 5.92 Å². The fraction of sp³-hybridized carbons (Fsp3) is 0.308. The third-order valence-corrected chi connectivity index (χ3v) is 4.43. The Morgan fingerprint density at radius 3 is 2.80 bits per heavy atom. The van der Waals surface area contributed by atoms with E-state index in [2.05, 4.69) is 31.3 Å². The van der Waals surface area contributed by atoms with Gasteiger partial charge in [0.05, 0.1) is 16.2 Å². The van der Waals surface area contributed by atoms with E-state index >= 15 is 0 Å². The first-order valence-corrected chi connectivity index (χ1v) is 7.38. The van der Waals surface area contributed by atoms with Gasteiger partial charge in [-0.3, -0.25) is 4.79 Å². The van der Waals surface area contributed by atoms with Crippen LogP contribution in [0.2, 0.25) is 5.02 Å². The van der Waals surface area contributed by atoms with E-state index in [1.165, 1.54) is 6.33 Å². The first-order valence-electron chi connectivity index (χ1n) is 6.08. The number of rotatable bonds is 4. The molecule has 0 aliphatic heterocycles. The lowest BCUT2D eigenvalue weighted by Crippen LogP contribution is -2.27. The first kappa shape index (κ1) is 15.0. The summed E-state index contributed by atoms with van der Waals surface area (Å²) in [4.78, 5) is 15.8. The van der Waals surface area contributed by atoms with E-state index in [0.29, 0.717) is 16.4 Å². The molecule has 1 aromatic carbocycles. The van der Waals surface area contributed by atoms with Crippen molar-refractivity contribution < 1.29 is 4.79 Å². The van der Waals surface area contributed by atoms with Gasteiger partial charge in [-0.1, -0.05) is 41.4 Å². The zero-order chi connectivity index (χ0) is 14.7. The monoisotopic (exact) mass is 356 g/mol. The highest BCUT2D eigenvalue weighted by molar-refractivity contribution is 9.10. The molecule has 106 valence electrons. The Morgan fingerprint density at radius 2 is 2.20 bits per heavy atom. The molecular weight excluding hydrogens is 344 g/mol. The van der Waals surface area contributed by atoms with Crippen molar-refractivity contribution in [2.45, 2.75) is 18.7 Å². The number of hydrogen-bond donors (Lipinski definition) is 1. The van der Waals surface area contributed by atoms with Gasteiger partial charge in [-0.15, -0.1) is 0 Å². The predicted octanol–water partition coefficient (Wildman–Crippen LogP) is 3.28. The Bertz CT molecular complexity index is 600. The summed E-state index contributed by atoms with van der Waals surface area (Å²) in [5, 5.41) is 7.47. The fourth-order valence-electron chi connectivity index (χ4n) is 1.65. The Morgan fingerprint density at radius 1 is 1.45 bits per heavy atom. The van der Waals surface area contributed by atoms with Crippen molar-refractivity contribution in [3.05, 3.63) is 35.9 Å². The molecule has 0 fully saturated rings. The third-order valence-electron chi connectivity index (χ3n) is 2.72. The van der Waals surface area contributed by atoms with Crippen molar-refractivity contribution in [2.75, 3.05) is 5.32 Å². The number of benzene rings is 1. The molecule has 2 rings (SSSR count). The molecule has 1 heterocycles. The molecule has 1 atom stereocenters. The van der Waals surface area contributed by atoms with Crippen LogP contribution >= 0.6 is 27.5 Å². The van der Waals surface area contributed by atoms with Crippen LogP contribution in [0, 0.1) is 5.92 Å². The summed E-state index contributed by atoms with van der Waals surface area (Å²) in [7, 11) is 0. The Kier molecular flexibility index (Phi) is 4.77. The summed E-state index contributed by atoms with van der Waals surface area (Å²) < 4.78 is 1.57. The minimum Gasteiger partial charge on any atom is -0.323 e. The number of hydrogen-bond acceptors (Lipinski definition) is 3. The molecule has 1 N–H and O–H groups in total. The van der Waals surface area contributed by atoms with Crippen LogP contribution in [0.3, 0.4) is 0 Å². The normalized spacial score (nSPS) is 12.4. The summed E-state index contributed by atoms with van der Waals surface area (Å²) in [6.07, 6.45) is 2.99. The van der Waals surface area contributed by atoms with Crippen LogP contribution in [0.25, 0.3) is 5.69 Å². The standard InChI is InChI=1S/C13H14BrClN4O/c1-8(2)12(14)13(20)18-10-5-9(15)3-4-11(10)19-7-16-6-17-19/h3-8,12H,1-2H3,(H,18,20). The number of alkyl halides is 1. The lowest BCUT2D eigenvalue weighted by molar-refractivity contribution is -0.116. The largest absolute Gasteiger partial charge is 0.323 e. The van der Waals surface area contributed by atoms with E-state index in [0.717, 1.165) is 0 Å². The van der Waals surface area contributed by atoms with E-state index in [9.17, 15) is 4.79 Å². The molecular formula is C13H14BrClN4O. The van der Waals surface area contributed by atoms with Crippen LogP contribution in [0.1, 0.15) is 13.8 Å². The van der Waals surface area contributed by atoms with Gasteiger partial charge < -0.3 is 5.32 Å². The van der Waals surface area contributed by atoms with Crippen LogP contribution in [-0.4, -0.2) is 25.5 Å². The van der Waals surface area contributed by atoms with Crippen LogP contribution in [0.4, 0.5) is 5.69 Å². The lowest BCUT2D eigenvalue weighted by Gasteiger charge is -2.16. The highest BCUT2D eigenvalue weighted by atomic mass is 79.9. The number of nitrogens with one attached hydrogen (secondary N) is 1. The van der Waals surface area contributed by atoms with Gasteiger partial charge >= 0.3 is 0 Å². The Hall–Kier alpha value is -1.40. The number of nitrogens with zero attached hydrogens (tertiary/aromatic N) is 3. The fourth-order valence-corrected chi connectivity index (χ4v) is 1.93. The van der Waals surface area contributed by atoms with Gasteiger partial charge in [0.2, 0.25) is 5.91 Å². The summed E-state index contributed by atoms with van der Waals surface area (Å²) in [5.74, 6) is 0.0626. The molecule has 1 aromatic heterocycles. The van der Waals surface area contributed by atoms with Crippen LogP contribution < -0.4 is 5.32 Å². The third kappa shape index (κ3) is 3.37. The SMILES string of the molecule is CC(C)C(Br)C(=O)Nc1cc(Cl)ccc1-n1cncn1. The Labute approximate surface area is 130 Å². The maximum atomic E-state index is 12.1. The zero-order valence-electron chi connectivity index (χ0n) is 11.0. The molecule has 7 heteroatoms.